The zero-order chi connectivity index (χ0) is 10.6. The van der Waals surface area contributed by atoms with Gasteiger partial charge in [-0.2, -0.15) is 5.26 Å². The maximum atomic E-state index is 12.9. The second-order valence-electron chi connectivity index (χ2n) is 2.95. The molecule has 0 aliphatic carbocycles. The average molecular weight is 190 g/mol. The molecule has 0 aliphatic heterocycles. The van der Waals surface area contributed by atoms with Crippen molar-refractivity contribution in [3.05, 3.63) is 41.7 Å². The Hall–Kier alpha value is -1.66. The molecule has 0 aliphatic rings. The first kappa shape index (κ1) is 10.4. The predicted octanol–water partition coefficient (Wildman–Crippen LogP) is 2.06. The molecule has 1 rings (SSSR count). The Kier molecular flexibility index (Phi) is 3.38. The van der Waals surface area contributed by atoms with Crippen LogP contribution in [-0.2, 0) is 0 Å². The zero-order valence-corrected chi connectivity index (χ0v) is 7.76. The molecule has 0 aromatic heterocycles. The highest BCUT2D eigenvalue weighted by Crippen LogP contribution is 2.18. The predicted molar refractivity (Wildman–Crippen MR) is 53.8 cm³/mol. The number of nitrogens with zero attached hydrogens (tertiary/aromatic N) is 1. The second kappa shape index (κ2) is 4.54. The van der Waals surface area contributed by atoms with Gasteiger partial charge in [-0.15, -0.1) is 0 Å². The van der Waals surface area contributed by atoms with Crippen LogP contribution in [0.25, 0.3) is 5.57 Å². The van der Waals surface area contributed by atoms with Crippen LogP contribution in [0.15, 0.2) is 24.8 Å². The van der Waals surface area contributed by atoms with Crippen LogP contribution < -0.4 is 5.73 Å². The molecule has 0 radical (unpaired) electrons. The Morgan fingerprint density at radius 2 is 2.29 bits per heavy atom. The lowest BCUT2D eigenvalue weighted by Gasteiger charge is -2.04. The van der Waals surface area contributed by atoms with Crippen molar-refractivity contribution in [3.63, 3.8) is 0 Å². The summed E-state index contributed by atoms with van der Waals surface area (Å²) in [5.74, 6) is -0.503. The Morgan fingerprint density at radius 3 is 2.86 bits per heavy atom. The fourth-order valence-electron chi connectivity index (χ4n) is 1.15. The monoisotopic (exact) mass is 190 g/mol. The van der Waals surface area contributed by atoms with Crippen molar-refractivity contribution in [2.24, 2.45) is 5.73 Å². The molecule has 1 aromatic carbocycles. The van der Waals surface area contributed by atoms with Crippen molar-refractivity contribution in [1.29, 1.82) is 5.26 Å². The Balaban J connectivity index is 3.02. The summed E-state index contributed by atoms with van der Waals surface area (Å²) in [5.41, 5.74) is 7.00. The van der Waals surface area contributed by atoms with Crippen LogP contribution in [0.2, 0.25) is 0 Å². The van der Waals surface area contributed by atoms with Gasteiger partial charge in [-0.3, -0.25) is 0 Å². The lowest BCUT2D eigenvalue weighted by molar-refractivity contribution is 0.623. The van der Waals surface area contributed by atoms with Gasteiger partial charge in [-0.25, -0.2) is 4.39 Å². The highest BCUT2D eigenvalue weighted by molar-refractivity contribution is 5.64. The van der Waals surface area contributed by atoms with Crippen LogP contribution in [0.5, 0.6) is 0 Å². The van der Waals surface area contributed by atoms with Gasteiger partial charge < -0.3 is 5.73 Å². The number of rotatable bonds is 3. The first-order valence-electron chi connectivity index (χ1n) is 4.27. The lowest BCUT2D eigenvalue weighted by Crippen LogP contribution is -1.99. The number of nitrogens with two attached hydrogens (primary N) is 1. The maximum absolute atomic E-state index is 12.9. The van der Waals surface area contributed by atoms with Crippen molar-refractivity contribution in [2.45, 2.75) is 6.42 Å². The SMILES string of the molecule is C=C(CCN)c1ccc(F)c(C#N)c1. The third kappa shape index (κ3) is 2.18. The summed E-state index contributed by atoms with van der Waals surface area (Å²) in [5, 5.41) is 8.61. The van der Waals surface area contributed by atoms with E-state index >= 15 is 0 Å². The molecule has 0 spiro atoms. The van der Waals surface area contributed by atoms with Crippen LogP contribution >= 0.6 is 0 Å². The number of nitriles is 1. The minimum Gasteiger partial charge on any atom is -0.330 e. The summed E-state index contributed by atoms with van der Waals surface area (Å²) in [4.78, 5) is 0. The standard InChI is InChI=1S/C11H11FN2/c1-8(4-5-13)9-2-3-11(12)10(6-9)7-14/h2-3,6H,1,4-5,13H2. The minimum atomic E-state index is -0.503. The number of hydrogen-bond acceptors (Lipinski definition) is 2. The first-order valence-corrected chi connectivity index (χ1v) is 4.27. The van der Waals surface area contributed by atoms with Gasteiger partial charge in [0, 0.05) is 0 Å². The molecule has 0 atom stereocenters. The van der Waals surface area contributed by atoms with E-state index in [1.807, 2.05) is 0 Å². The van der Waals surface area contributed by atoms with Gasteiger partial charge in [0.25, 0.3) is 0 Å². The topological polar surface area (TPSA) is 49.8 Å². The molecule has 2 nitrogen and oxygen atoms in total. The molecule has 0 bridgehead atoms. The van der Waals surface area contributed by atoms with Gasteiger partial charge in [-0.05, 0) is 36.2 Å². The Morgan fingerprint density at radius 1 is 1.57 bits per heavy atom. The summed E-state index contributed by atoms with van der Waals surface area (Å²) in [7, 11) is 0. The smallest absolute Gasteiger partial charge is 0.140 e. The molecule has 0 saturated heterocycles. The summed E-state index contributed by atoms with van der Waals surface area (Å²) in [6, 6.07) is 6.16. The quantitative estimate of drug-likeness (QED) is 0.793. The van der Waals surface area contributed by atoms with Gasteiger partial charge in [0.2, 0.25) is 0 Å². The van der Waals surface area contributed by atoms with Crippen molar-refractivity contribution < 1.29 is 4.39 Å². The minimum absolute atomic E-state index is 0.0423. The average Bonchev–Trinajstić information content (AvgIpc) is 2.19. The van der Waals surface area contributed by atoms with Gasteiger partial charge in [-0.1, -0.05) is 12.6 Å². The van der Waals surface area contributed by atoms with Gasteiger partial charge in [0.15, 0.2) is 0 Å². The number of benzene rings is 1. The highest BCUT2D eigenvalue weighted by atomic mass is 19.1. The Bertz CT molecular complexity index is 391. The molecule has 0 unspecified atom stereocenters. The van der Waals surface area contributed by atoms with E-state index in [1.165, 1.54) is 12.1 Å². The molecule has 1 aromatic rings. The molecule has 2 N–H and O–H groups in total. The molecule has 0 amide bonds. The second-order valence-corrected chi connectivity index (χ2v) is 2.95. The molecule has 72 valence electrons. The van der Waals surface area contributed by atoms with Crippen molar-refractivity contribution in [3.8, 4) is 6.07 Å². The molecule has 3 heteroatoms. The van der Waals surface area contributed by atoms with Gasteiger partial charge in [0.1, 0.15) is 11.9 Å². The van der Waals surface area contributed by atoms with Crippen molar-refractivity contribution in [2.75, 3.05) is 6.54 Å². The normalized spacial score (nSPS) is 9.50. The third-order valence-corrected chi connectivity index (χ3v) is 1.94. The molecule has 0 saturated carbocycles. The van der Waals surface area contributed by atoms with Crippen LogP contribution in [0.3, 0.4) is 0 Å². The van der Waals surface area contributed by atoms with E-state index in [-0.39, 0.29) is 5.56 Å². The summed E-state index contributed by atoms with van der Waals surface area (Å²) < 4.78 is 12.9. The number of hydrogen-bond donors (Lipinski definition) is 1. The fourth-order valence-corrected chi connectivity index (χ4v) is 1.15. The van der Waals surface area contributed by atoms with Crippen LogP contribution in [-0.4, -0.2) is 6.54 Å². The van der Waals surface area contributed by atoms with E-state index in [0.29, 0.717) is 13.0 Å². The lowest BCUT2D eigenvalue weighted by atomic mass is 10.0. The van der Waals surface area contributed by atoms with E-state index in [4.69, 9.17) is 11.0 Å². The molecule has 14 heavy (non-hydrogen) atoms. The highest BCUT2D eigenvalue weighted by Gasteiger charge is 2.04. The van der Waals surface area contributed by atoms with Crippen molar-refractivity contribution in [1.82, 2.24) is 0 Å². The van der Waals surface area contributed by atoms with Gasteiger partial charge in [0.05, 0.1) is 5.56 Å². The maximum Gasteiger partial charge on any atom is 0.140 e. The fraction of sp³-hybridized carbons (Fsp3) is 0.182. The van der Waals surface area contributed by atoms with E-state index < -0.39 is 5.82 Å². The Labute approximate surface area is 82.5 Å². The summed E-state index contributed by atoms with van der Waals surface area (Å²) in [6.07, 6.45) is 0.649. The van der Waals surface area contributed by atoms with E-state index in [0.717, 1.165) is 11.1 Å². The van der Waals surface area contributed by atoms with Crippen LogP contribution in [0, 0.1) is 17.1 Å². The van der Waals surface area contributed by atoms with Crippen molar-refractivity contribution >= 4 is 5.57 Å². The molecule has 0 fully saturated rings. The van der Waals surface area contributed by atoms with Crippen LogP contribution in [0.4, 0.5) is 4.39 Å². The van der Waals surface area contributed by atoms with E-state index in [2.05, 4.69) is 6.58 Å². The summed E-state index contributed by atoms with van der Waals surface area (Å²) in [6.45, 7) is 4.31. The first-order chi connectivity index (χ1) is 6.69. The summed E-state index contributed by atoms with van der Waals surface area (Å²) >= 11 is 0. The van der Waals surface area contributed by atoms with E-state index in [1.54, 1.807) is 12.1 Å². The number of halogens is 1. The molecular formula is C11H11FN2. The van der Waals surface area contributed by atoms with Gasteiger partial charge >= 0.3 is 0 Å². The van der Waals surface area contributed by atoms with Crippen LogP contribution in [0.1, 0.15) is 17.5 Å². The molecule has 0 heterocycles. The van der Waals surface area contributed by atoms with E-state index in [9.17, 15) is 4.39 Å². The largest absolute Gasteiger partial charge is 0.330 e. The molecular weight excluding hydrogens is 179 g/mol. The zero-order valence-electron chi connectivity index (χ0n) is 7.76. The third-order valence-electron chi connectivity index (χ3n) is 1.94.